The second-order valence-electron chi connectivity index (χ2n) is 9.55. The SMILES string of the molecule is CCC(C(=O)N(Cc1ccccc1)Cc1cc(NC(=O)C2CC2)ccc1N(C)C)c1ccccc1. The molecule has 0 aliphatic heterocycles. The molecular weight excluding hydrogens is 434 g/mol. The van der Waals surface area contributed by atoms with Crippen molar-refractivity contribution in [2.75, 3.05) is 24.3 Å². The van der Waals surface area contributed by atoms with Gasteiger partial charge in [0.2, 0.25) is 11.8 Å². The van der Waals surface area contributed by atoms with Gasteiger partial charge in [-0.1, -0.05) is 67.6 Å². The van der Waals surface area contributed by atoms with E-state index in [1.54, 1.807) is 0 Å². The first-order chi connectivity index (χ1) is 17.0. The molecule has 1 saturated carbocycles. The highest BCUT2D eigenvalue weighted by Gasteiger charge is 2.30. The summed E-state index contributed by atoms with van der Waals surface area (Å²) in [5.74, 6) is 0.125. The molecule has 35 heavy (non-hydrogen) atoms. The topological polar surface area (TPSA) is 52.7 Å². The number of carbonyl (C=O) groups excluding carboxylic acids is 2. The summed E-state index contributed by atoms with van der Waals surface area (Å²) >= 11 is 0. The van der Waals surface area contributed by atoms with Crippen LogP contribution in [0.2, 0.25) is 0 Å². The molecule has 5 nitrogen and oxygen atoms in total. The van der Waals surface area contributed by atoms with E-state index in [0.29, 0.717) is 13.1 Å². The summed E-state index contributed by atoms with van der Waals surface area (Å²) in [6.45, 7) is 3.04. The van der Waals surface area contributed by atoms with Gasteiger partial charge in [-0.25, -0.2) is 0 Å². The molecule has 0 bridgehead atoms. The average molecular weight is 470 g/mol. The summed E-state index contributed by atoms with van der Waals surface area (Å²) in [6, 6.07) is 26.1. The Morgan fingerprint density at radius 1 is 0.914 bits per heavy atom. The average Bonchev–Trinajstić information content (AvgIpc) is 3.71. The van der Waals surface area contributed by atoms with Crippen molar-refractivity contribution < 1.29 is 9.59 Å². The number of rotatable bonds is 10. The summed E-state index contributed by atoms with van der Waals surface area (Å²) in [5.41, 5.74) is 4.96. The summed E-state index contributed by atoms with van der Waals surface area (Å²) < 4.78 is 0. The summed E-state index contributed by atoms with van der Waals surface area (Å²) in [7, 11) is 4.01. The molecule has 1 fully saturated rings. The second-order valence-corrected chi connectivity index (χ2v) is 9.55. The first-order valence-corrected chi connectivity index (χ1v) is 12.4. The van der Waals surface area contributed by atoms with Crippen molar-refractivity contribution in [3.63, 3.8) is 0 Å². The van der Waals surface area contributed by atoms with Crippen LogP contribution in [0.1, 0.15) is 48.8 Å². The van der Waals surface area contributed by atoms with Gasteiger partial charge in [-0.15, -0.1) is 0 Å². The van der Waals surface area contributed by atoms with Gasteiger partial charge in [-0.2, -0.15) is 0 Å². The number of benzene rings is 3. The van der Waals surface area contributed by atoms with Gasteiger partial charge in [-0.3, -0.25) is 9.59 Å². The number of carbonyl (C=O) groups is 2. The highest BCUT2D eigenvalue weighted by molar-refractivity contribution is 5.94. The predicted molar refractivity (Wildman–Crippen MR) is 142 cm³/mol. The van der Waals surface area contributed by atoms with Gasteiger partial charge in [0, 0.05) is 44.5 Å². The molecule has 0 spiro atoms. The van der Waals surface area contributed by atoms with E-state index in [0.717, 1.165) is 47.3 Å². The molecule has 0 aromatic heterocycles. The Morgan fingerprint density at radius 2 is 1.57 bits per heavy atom. The molecule has 1 unspecified atom stereocenters. The summed E-state index contributed by atoms with van der Waals surface area (Å²) in [5, 5.41) is 3.06. The van der Waals surface area contributed by atoms with E-state index in [9.17, 15) is 9.59 Å². The number of anilines is 2. The lowest BCUT2D eigenvalue weighted by Crippen LogP contribution is -2.34. The Bertz CT molecular complexity index is 1140. The number of nitrogens with zero attached hydrogens (tertiary/aromatic N) is 2. The first kappa shape index (κ1) is 24.5. The summed E-state index contributed by atoms with van der Waals surface area (Å²) in [6.07, 6.45) is 2.66. The van der Waals surface area contributed by atoms with Crippen LogP contribution in [0.15, 0.2) is 78.9 Å². The third-order valence-corrected chi connectivity index (χ3v) is 6.57. The third-order valence-electron chi connectivity index (χ3n) is 6.57. The monoisotopic (exact) mass is 469 g/mol. The molecule has 3 aromatic rings. The van der Waals surface area contributed by atoms with E-state index < -0.39 is 0 Å². The van der Waals surface area contributed by atoms with Gasteiger partial charge < -0.3 is 15.1 Å². The van der Waals surface area contributed by atoms with Crippen LogP contribution < -0.4 is 10.2 Å². The molecule has 1 aliphatic rings. The van der Waals surface area contributed by atoms with E-state index in [1.165, 1.54) is 0 Å². The fraction of sp³-hybridized carbons (Fsp3) is 0.333. The highest BCUT2D eigenvalue weighted by atomic mass is 16.2. The lowest BCUT2D eigenvalue weighted by Gasteiger charge is -2.29. The molecule has 0 saturated heterocycles. The number of nitrogens with one attached hydrogen (secondary N) is 1. The molecule has 182 valence electrons. The zero-order chi connectivity index (χ0) is 24.8. The minimum atomic E-state index is -0.208. The van der Waals surface area contributed by atoms with Crippen molar-refractivity contribution in [3.05, 3.63) is 95.6 Å². The molecule has 1 aliphatic carbocycles. The van der Waals surface area contributed by atoms with Crippen LogP contribution in [-0.2, 0) is 22.7 Å². The van der Waals surface area contributed by atoms with Crippen LogP contribution in [-0.4, -0.2) is 30.8 Å². The van der Waals surface area contributed by atoms with E-state index in [4.69, 9.17) is 0 Å². The van der Waals surface area contributed by atoms with Crippen molar-refractivity contribution in [1.29, 1.82) is 0 Å². The molecule has 5 heteroatoms. The molecule has 0 heterocycles. The zero-order valence-corrected chi connectivity index (χ0v) is 20.9. The number of hydrogen-bond acceptors (Lipinski definition) is 3. The number of amides is 2. The fourth-order valence-corrected chi connectivity index (χ4v) is 4.50. The van der Waals surface area contributed by atoms with Gasteiger partial charge in [0.15, 0.2) is 0 Å². The van der Waals surface area contributed by atoms with Gasteiger partial charge >= 0.3 is 0 Å². The maximum Gasteiger partial charge on any atom is 0.230 e. The van der Waals surface area contributed by atoms with Crippen LogP contribution in [0.4, 0.5) is 11.4 Å². The van der Waals surface area contributed by atoms with Crippen LogP contribution >= 0.6 is 0 Å². The summed E-state index contributed by atoms with van der Waals surface area (Å²) in [4.78, 5) is 30.3. The van der Waals surface area contributed by atoms with Gasteiger partial charge in [0.05, 0.1) is 5.92 Å². The molecule has 1 N–H and O–H groups in total. The maximum absolute atomic E-state index is 14.0. The molecular formula is C30H35N3O2. The largest absolute Gasteiger partial charge is 0.377 e. The lowest BCUT2D eigenvalue weighted by molar-refractivity contribution is -0.134. The molecule has 0 radical (unpaired) electrons. The van der Waals surface area contributed by atoms with Crippen molar-refractivity contribution in [3.8, 4) is 0 Å². The first-order valence-electron chi connectivity index (χ1n) is 12.4. The van der Waals surface area contributed by atoms with E-state index in [2.05, 4.69) is 29.3 Å². The van der Waals surface area contributed by atoms with Gasteiger partial charge in [0.25, 0.3) is 0 Å². The van der Waals surface area contributed by atoms with Gasteiger partial charge in [-0.05, 0) is 54.2 Å². The Hall–Kier alpha value is -3.60. The standard InChI is InChI=1S/C30H35N3O2/c1-4-27(23-13-9-6-10-14-23)30(35)33(20-22-11-7-5-8-12-22)21-25-19-26(17-18-28(25)32(2)3)31-29(34)24-15-16-24/h5-14,17-19,24,27H,4,15-16,20-21H2,1-3H3,(H,31,34). The van der Waals surface area contributed by atoms with Crippen LogP contribution in [0.5, 0.6) is 0 Å². The van der Waals surface area contributed by atoms with Gasteiger partial charge in [0.1, 0.15) is 0 Å². The minimum absolute atomic E-state index is 0.0842. The molecule has 4 rings (SSSR count). The Balaban J connectivity index is 1.66. The smallest absolute Gasteiger partial charge is 0.230 e. The molecule has 2 amide bonds. The maximum atomic E-state index is 14.0. The highest BCUT2D eigenvalue weighted by Crippen LogP contribution is 2.32. The molecule has 1 atom stereocenters. The van der Waals surface area contributed by atoms with Crippen LogP contribution in [0.3, 0.4) is 0 Å². The third kappa shape index (κ3) is 6.30. The minimum Gasteiger partial charge on any atom is -0.377 e. The Morgan fingerprint density at radius 3 is 2.17 bits per heavy atom. The molecule has 3 aromatic carbocycles. The Kier molecular flexibility index (Phi) is 7.86. The fourth-order valence-electron chi connectivity index (χ4n) is 4.50. The number of hydrogen-bond donors (Lipinski definition) is 1. The van der Waals surface area contributed by atoms with Crippen molar-refractivity contribution in [2.24, 2.45) is 5.92 Å². The van der Waals surface area contributed by atoms with E-state index >= 15 is 0 Å². The quantitative estimate of drug-likeness (QED) is 0.407. The van der Waals surface area contributed by atoms with E-state index in [1.807, 2.05) is 85.7 Å². The normalized spacial score (nSPS) is 13.7. The zero-order valence-electron chi connectivity index (χ0n) is 20.9. The van der Waals surface area contributed by atoms with E-state index in [-0.39, 0.29) is 23.7 Å². The van der Waals surface area contributed by atoms with Crippen molar-refractivity contribution >= 4 is 23.2 Å². The van der Waals surface area contributed by atoms with Crippen molar-refractivity contribution in [2.45, 2.75) is 45.2 Å². The van der Waals surface area contributed by atoms with Crippen LogP contribution in [0, 0.1) is 5.92 Å². The van der Waals surface area contributed by atoms with Crippen molar-refractivity contribution in [1.82, 2.24) is 4.90 Å². The Labute approximate surface area is 208 Å². The van der Waals surface area contributed by atoms with Crippen LogP contribution in [0.25, 0.3) is 0 Å². The second kappa shape index (κ2) is 11.2. The predicted octanol–water partition coefficient (Wildman–Crippen LogP) is 5.82. The lowest BCUT2D eigenvalue weighted by atomic mass is 9.94.